The summed E-state index contributed by atoms with van der Waals surface area (Å²) >= 11 is 0. The van der Waals surface area contributed by atoms with Crippen molar-refractivity contribution >= 4 is 29.2 Å². The van der Waals surface area contributed by atoms with Crippen molar-refractivity contribution in [2.45, 2.75) is 38.5 Å². The second-order valence-electron chi connectivity index (χ2n) is 5.85. The van der Waals surface area contributed by atoms with E-state index in [0.29, 0.717) is 17.0 Å². The average Bonchev–Trinajstić information content (AvgIpc) is 2.47. The van der Waals surface area contributed by atoms with Crippen LogP contribution in [0.5, 0.6) is 5.75 Å². The molecule has 23 heavy (non-hydrogen) atoms. The topological polar surface area (TPSA) is 71.2 Å². The van der Waals surface area contributed by atoms with E-state index in [1.54, 1.807) is 39.0 Å². The lowest BCUT2D eigenvalue weighted by Crippen LogP contribution is -2.54. The van der Waals surface area contributed by atoms with E-state index in [0.717, 1.165) is 0 Å². The third kappa shape index (κ3) is 3.48. The fourth-order valence-corrected chi connectivity index (χ4v) is 3.58. The lowest BCUT2D eigenvalue weighted by Gasteiger charge is -2.44. The zero-order chi connectivity index (χ0) is 16.7. The van der Waals surface area contributed by atoms with E-state index in [1.807, 2.05) is 0 Å². The normalized spacial score (nSPS) is 22.5. The van der Waals surface area contributed by atoms with Gasteiger partial charge in [-0.15, -0.1) is 0 Å². The van der Waals surface area contributed by atoms with Crippen LogP contribution in [-0.2, 0) is 10.0 Å². The maximum Gasteiger partial charge on any atom is 0.214 e. The van der Waals surface area contributed by atoms with Gasteiger partial charge in [0.1, 0.15) is 17.5 Å². The van der Waals surface area contributed by atoms with Crippen LogP contribution in [0.4, 0.5) is 5.69 Å². The monoisotopic (exact) mass is 358 g/mol. The molecule has 1 unspecified atom stereocenters. The van der Waals surface area contributed by atoms with Gasteiger partial charge < -0.3 is 9.84 Å². The van der Waals surface area contributed by atoms with Crippen molar-refractivity contribution in [3.05, 3.63) is 35.2 Å². The summed E-state index contributed by atoms with van der Waals surface area (Å²) in [5.74, 6) is 0.428. The van der Waals surface area contributed by atoms with Gasteiger partial charge in [0.2, 0.25) is 10.0 Å². The number of hydrogen-bond donors (Lipinski definition) is 1. The first kappa shape index (κ1) is 19.8. The number of benzene rings is 1. The SMILES string of the molecule is S.[C-]#[N+]c1ccc2c(c1)[C@H](N(C)S(=O)(=O)CC)C(O)C(C)(C)O2. The van der Waals surface area contributed by atoms with Crippen LogP contribution in [-0.4, -0.2) is 42.3 Å². The van der Waals surface area contributed by atoms with Crippen LogP contribution >= 0.6 is 13.5 Å². The summed E-state index contributed by atoms with van der Waals surface area (Å²) < 4.78 is 31.4. The van der Waals surface area contributed by atoms with Crippen molar-refractivity contribution in [3.8, 4) is 5.75 Å². The van der Waals surface area contributed by atoms with Crippen LogP contribution in [0.25, 0.3) is 4.85 Å². The molecule has 1 N–H and O–H groups in total. The number of sulfonamides is 1. The van der Waals surface area contributed by atoms with Gasteiger partial charge in [-0.05, 0) is 32.9 Å². The van der Waals surface area contributed by atoms with Crippen LogP contribution in [0.15, 0.2) is 18.2 Å². The van der Waals surface area contributed by atoms with Gasteiger partial charge in [0.25, 0.3) is 0 Å². The van der Waals surface area contributed by atoms with E-state index < -0.39 is 27.8 Å². The summed E-state index contributed by atoms with van der Waals surface area (Å²) in [6, 6.07) is 4.05. The van der Waals surface area contributed by atoms with Crippen molar-refractivity contribution in [2.75, 3.05) is 12.8 Å². The molecule has 6 nitrogen and oxygen atoms in total. The molecule has 0 saturated carbocycles. The van der Waals surface area contributed by atoms with E-state index in [4.69, 9.17) is 11.3 Å². The summed E-state index contributed by atoms with van der Waals surface area (Å²) in [5.41, 5.74) is -0.0455. The fourth-order valence-electron chi connectivity index (χ4n) is 2.59. The molecule has 1 heterocycles. The molecule has 0 bridgehead atoms. The number of likely N-dealkylation sites (N-methyl/N-ethyl adjacent to an activating group) is 1. The van der Waals surface area contributed by atoms with Gasteiger partial charge in [-0.3, -0.25) is 0 Å². The molecule has 8 heteroatoms. The molecule has 2 atom stereocenters. The van der Waals surface area contributed by atoms with Crippen LogP contribution in [0.1, 0.15) is 32.4 Å². The number of fused-ring (bicyclic) bond motifs is 1. The molecule has 1 aliphatic rings. The molecule has 128 valence electrons. The lowest BCUT2D eigenvalue weighted by atomic mass is 9.86. The molecule has 0 radical (unpaired) electrons. The van der Waals surface area contributed by atoms with Crippen LogP contribution in [0.3, 0.4) is 0 Å². The van der Waals surface area contributed by atoms with E-state index in [1.165, 1.54) is 11.4 Å². The van der Waals surface area contributed by atoms with Crippen molar-refractivity contribution in [3.63, 3.8) is 0 Å². The van der Waals surface area contributed by atoms with E-state index in [9.17, 15) is 13.5 Å². The summed E-state index contributed by atoms with van der Waals surface area (Å²) in [7, 11) is -2.06. The van der Waals surface area contributed by atoms with Gasteiger partial charge in [0, 0.05) is 12.6 Å². The first-order chi connectivity index (χ1) is 10.1. The lowest BCUT2D eigenvalue weighted by molar-refractivity contribution is -0.0763. The van der Waals surface area contributed by atoms with Crippen molar-refractivity contribution < 1.29 is 18.3 Å². The summed E-state index contributed by atoms with van der Waals surface area (Å²) in [4.78, 5) is 3.36. The second kappa shape index (κ2) is 6.69. The maximum atomic E-state index is 12.2. The van der Waals surface area contributed by atoms with Crippen LogP contribution in [0.2, 0.25) is 0 Å². The van der Waals surface area contributed by atoms with E-state index >= 15 is 0 Å². The zero-order valence-corrected chi connectivity index (χ0v) is 15.4. The molecular weight excluding hydrogens is 336 g/mol. The van der Waals surface area contributed by atoms with Gasteiger partial charge in [-0.25, -0.2) is 13.3 Å². The number of aliphatic hydroxyl groups is 1. The summed E-state index contributed by atoms with van der Waals surface area (Å²) in [6.45, 7) is 12.1. The molecule has 0 spiro atoms. The third-order valence-electron chi connectivity index (χ3n) is 4.02. The molecule has 0 amide bonds. The highest BCUT2D eigenvalue weighted by Gasteiger charge is 2.46. The molecule has 2 rings (SSSR count). The minimum absolute atomic E-state index is 0. The summed E-state index contributed by atoms with van der Waals surface area (Å²) in [5, 5.41) is 10.6. The Bertz CT molecular complexity index is 725. The predicted molar refractivity (Wildman–Crippen MR) is 93.8 cm³/mol. The van der Waals surface area contributed by atoms with E-state index in [-0.39, 0.29) is 19.2 Å². The Morgan fingerprint density at radius 1 is 1.43 bits per heavy atom. The van der Waals surface area contributed by atoms with Gasteiger partial charge >= 0.3 is 0 Å². The Kier molecular flexibility index (Phi) is 5.75. The smallest absolute Gasteiger partial charge is 0.214 e. The van der Waals surface area contributed by atoms with Gasteiger partial charge in [0.15, 0.2) is 5.69 Å². The highest BCUT2D eigenvalue weighted by atomic mass is 32.2. The Morgan fingerprint density at radius 3 is 2.57 bits per heavy atom. The minimum Gasteiger partial charge on any atom is -0.485 e. The molecule has 0 fully saturated rings. The molecule has 1 aliphatic heterocycles. The molecule has 0 aliphatic carbocycles. The molecule has 0 saturated heterocycles. The Morgan fingerprint density at radius 2 is 2.04 bits per heavy atom. The molecule has 1 aromatic carbocycles. The molecular formula is C15H22N2O4S2. The Labute approximate surface area is 144 Å². The highest BCUT2D eigenvalue weighted by molar-refractivity contribution is 7.89. The first-order valence-electron chi connectivity index (χ1n) is 6.98. The zero-order valence-electron chi connectivity index (χ0n) is 13.6. The Balaban J connectivity index is 0.00000264. The number of ether oxygens (including phenoxy) is 1. The average molecular weight is 358 g/mol. The fraction of sp³-hybridized carbons (Fsp3) is 0.533. The summed E-state index contributed by atoms with van der Waals surface area (Å²) in [6.07, 6.45) is -1.05. The first-order valence-corrected chi connectivity index (χ1v) is 8.59. The van der Waals surface area contributed by atoms with Crippen molar-refractivity contribution in [1.82, 2.24) is 4.31 Å². The standard InChI is InChI=1S/C15H20N2O4S.H2S/c1-6-22(19,20)17(5)13-11-9-10(16-4)7-8-12(11)21-15(2,3)14(13)18;/h7-9,13-14,18H,6H2,1-3,5H3;1H2/t13-,14?;/m0./s1. The van der Waals surface area contributed by atoms with Crippen LogP contribution < -0.4 is 4.74 Å². The molecule has 0 aromatic heterocycles. The number of nitrogens with zero attached hydrogens (tertiary/aromatic N) is 2. The quantitative estimate of drug-likeness (QED) is 0.841. The van der Waals surface area contributed by atoms with Gasteiger partial charge in [0.05, 0.1) is 18.4 Å². The van der Waals surface area contributed by atoms with Gasteiger partial charge in [-0.1, -0.05) is 6.07 Å². The highest BCUT2D eigenvalue weighted by Crippen LogP contribution is 2.44. The number of hydrogen-bond acceptors (Lipinski definition) is 4. The van der Waals surface area contributed by atoms with Gasteiger partial charge in [-0.2, -0.15) is 17.8 Å². The van der Waals surface area contributed by atoms with Crippen LogP contribution in [0, 0.1) is 6.57 Å². The van der Waals surface area contributed by atoms with Crippen molar-refractivity contribution in [2.24, 2.45) is 0 Å². The van der Waals surface area contributed by atoms with Crippen molar-refractivity contribution in [1.29, 1.82) is 0 Å². The minimum atomic E-state index is -3.50. The predicted octanol–water partition coefficient (Wildman–Crippen LogP) is 2.20. The third-order valence-corrected chi connectivity index (χ3v) is 5.86. The molecule has 1 aromatic rings. The number of aliphatic hydroxyl groups excluding tert-OH is 1. The largest absolute Gasteiger partial charge is 0.485 e. The maximum absolute atomic E-state index is 12.2. The number of rotatable bonds is 3. The van der Waals surface area contributed by atoms with E-state index in [2.05, 4.69) is 4.85 Å². The Hall–Kier alpha value is -1.27. The second-order valence-corrected chi connectivity index (χ2v) is 8.16.